The first-order chi connectivity index (χ1) is 25.8. The second-order valence-electron chi connectivity index (χ2n) is 13.6. The van der Waals surface area contributed by atoms with Gasteiger partial charge in [0.25, 0.3) is 0 Å². The molecular formula is C49H31N3. The van der Waals surface area contributed by atoms with Gasteiger partial charge in [-0.15, -0.1) is 0 Å². The zero-order chi connectivity index (χ0) is 34.2. The van der Waals surface area contributed by atoms with Crippen LogP contribution in [-0.2, 0) is 0 Å². The fraction of sp³-hybridized carbons (Fsp3) is 0. The summed E-state index contributed by atoms with van der Waals surface area (Å²) in [7, 11) is 0. The first kappa shape index (κ1) is 28.8. The Hall–Kier alpha value is -6.97. The van der Waals surface area contributed by atoms with Crippen molar-refractivity contribution in [3.63, 3.8) is 0 Å². The van der Waals surface area contributed by atoms with E-state index >= 15 is 0 Å². The van der Waals surface area contributed by atoms with Gasteiger partial charge < -0.3 is 9.13 Å². The maximum absolute atomic E-state index is 5.36. The molecule has 3 aromatic heterocycles. The van der Waals surface area contributed by atoms with Crippen LogP contribution < -0.4 is 0 Å². The van der Waals surface area contributed by atoms with Crippen molar-refractivity contribution in [2.45, 2.75) is 0 Å². The zero-order valence-corrected chi connectivity index (χ0v) is 28.2. The van der Waals surface area contributed by atoms with Crippen molar-refractivity contribution in [2.75, 3.05) is 0 Å². The maximum Gasteiger partial charge on any atom is 0.0809 e. The van der Waals surface area contributed by atoms with Gasteiger partial charge in [0.2, 0.25) is 0 Å². The number of benzene rings is 8. The van der Waals surface area contributed by atoms with E-state index in [0.717, 1.165) is 44.5 Å². The van der Waals surface area contributed by atoms with E-state index in [2.05, 4.69) is 197 Å². The van der Waals surface area contributed by atoms with Crippen molar-refractivity contribution in [3.8, 4) is 33.8 Å². The van der Waals surface area contributed by atoms with Gasteiger partial charge in [0, 0.05) is 49.3 Å². The molecule has 0 spiro atoms. The molecule has 52 heavy (non-hydrogen) atoms. The van der Waals surface area contributed by atoms with Crippen molar-refractivity contribution in [1.82, 2.24) is 14.1 Å². The number of hydrogen-bond acceptors (Lipinski definition) is 1. The fourth-order valence-corrected chi connectivity index (χ4v) is 8.42. The minimum atomic E-state index is 0.999. The highest BCUT2D eigenvalue weighted by Crippen LogP contribution is 2.43. The lowest BCUT2D eigenvalue weighted by molar-refractivity contribution is 1.18. The lowest BCUT2D eigenvalue weighted by Crippen LogP contribution is -1.98. The number of para-hydroxylation sites is 4. The van der Waals surface area contributed by atoms with E-state index in [1.807, 2.05) is 0 Å². The van der Waals surface area contributed by atoms with E-state index in [0.29, 0.717) is 0 Å². The monoisotopic (exact) mass is 661 g/mol. The van der Waals surface area contributed by atoms with Crippen LogP contribution in [0.1, 0.15) is 0 Å². The zero-order valence-electron chi connectivity index (χ0n) is 28.2. The Bertz CT molecular complexity index is 3130. The van der Waals surface area contributed by atoms with Gasteiger partial charge in [-0.2, -0.15) is 0 Å². The first-order valence-electron chi connectivity index (χ1n) is 17.8. The van der Waals surface area contributed by atoms with E-state index in [1.54, 1.807) is 0 Å². The van der Waals surface area contributed by atoms with Gasteiger partial charge in [0.1, 0.15) is 0 Å². The molecule has 0 radical (unpaired) electrons. The molecule has 0 saturated heterocycles. The van der Waals surface area contributed by atoms with Crippen molar-refractivity contribution in [1.29, 1.82) is 0 Å². The molecule has 242 valence electrons. The number of rotatable bonds is 4. The third-order valence-corrected chi connectivity index (χ3v) is 10.7. The van der Waals surface area contributed by atoms with E-state index in [9.17, 15) is 0 Å². The number of nitrogens with zero attached hydrogens (tertiary/aromatic N) is 3. The number of hydrogen-bond donors (Lipinski definition) is 0. The quantitative estimate of drug-likeness (QED) is 0.172. The summed E-state index contributed by atoms with van der Waals surface area (Å²) < 4.78 is 4.84. The van der Waals surface area contributed by atoms with Crippen LogP contribution in [0.3, 0.4) is 0 Å². The lowest BCUT2D eigenvalue weighted by Gasteiger charge is -2.15. The van der Waals surface area contributed by atoms with Gasteiger partial charge >= 0.3 is 0 Å². The summed E-state index contributed by atoms with van der Waals surface area (Å²) in [5, 5.41) is 8.50. The van der Waals surface area contributed by atoms with Crippen LogP contribution in [0.15, 0.2) is 188 Å². The van der Waals surface area contributed by atoms with Crippen molar-refractivity contribution >= 4 is 65.3 Å². The average molecular weight is 662 g/mol. The average Bonchev–Trinajstić information content (AvgIpc) is 3.74. The van der Waals surface area contributed by atoms with E-state index in [4.69, 9.17) is 4.98 Å². The van der Waals surface area contributed by atoms with Gasteiger partial charge in [-0.25, -0.2) is 4.98 Å². The molecule has 11 aromatic rings. The predicted molar refractivity (Wildman–Crippen MR) is 219 cm³/mol. The molecule has 11 rings (SSSR count). The van der Waals surface area contributed by atoms with Gasteiger partial charge in [-0.3, -0.25) is 0 Å². The molecule has 0 aliphatic rings. The molecule has 0 saturated carbocycles. The molecule has 3 heteroatoms. The molecule has 3 nitrogen and oxygen atoms in total. The van der Waals surface area contributed by atoms with Gasteiger partial charge in [0.05, 0.1) is 33.3 Å². The molecule has 0 unspecified atom stereocenters. The van der Waals surface area contributed by atoms with E-state index in [-0.39, 0.29) is 0 Å². The summed E-state index contributed by atoms with van der Waals surface area (Å²) in [5.41, 5.74) is 12.5. The second kappa shape index (κ2) is 11.3. The minimum Gasteiger partial charge on any atom is -0.309 e. The van der Waals surface area contributed by atoms with Crippen molar-refractivity contribution in [3.05, 3.63) is 188 Å². The van der Waals surface area contributed by atoms with Crippen LogP contribution in [0.5, 0.6) is 0 Å². The van der Waals surface area contributed by atoms with E-state index < -0.39 is 0 Å². The summed E-state index contributed by atoms with van der Waals surface area (Å²) in [6.07, 6.45) is 0. The topological polar surface area (TPSA) is 22.8 Å². The molecule has 0 amide bonds. The normalized spacial score (nSPS) is 11.8. The van der Waals surface area contributed by atoms with E-state index in [1.165, 1.54) is 54.6 Å². The van der Waals surface area contributed by atoms with Crippen LogP contribution in [-0.4, -0.2) is 14.1 Å². The van der Waals surface area contributed by atoms with Crippen molar-refractivity contribution < 1.29 is 0 Å². The highest BCUT2D eigenvalue weighted by Gasteiger charge is 2.20. The second-order valence-corrected chi connectivity index (χ2v) is 13.6. The van der Waals surface area contributed by atoms with Gasteiger partial charge in [-0.05, 0) is 65.0 Å². The van der Waals surface area contributed by atoms with Crippen LogP contribution in [0.2, 0.25) is 0 Å². The molecule has 8 aromatic carbocycles. The largest absolute Gasteiger partial charge is 0.309 e. The van der Waals surface area contributed by atoms with Crippen LogP contribution >= 0.6 is 0 Å². The third-order valence-electron chi connectivity index (χ3n) is 10.7. The minimum absolute atomic E-state index is 0.999. The summed E-state index contributed by atoms with van der Waals surface area (Å²) >= 11 is 0. The lowest BCUT2D eigenvalue weighted by atomic mass is 9.97. The Morgan fingerprint density at radius 2 is 0.808 bits per heavy atom. The molecule has 0 bridgehead atoms. The molecule has 0 N–H and O–H groups in total. The summed E-state index contributed by atoms with van der Waals surface area (Å²) in [6, 6.07) is 67.8. The van der Waals surface area contributed by atoms with Crippen LogP contribution in [0, 0.1) is 0 Å². The smallest absolute Gasteiger partial charge is 0.0809 e. The van der Waals surface area contributed by atoms with Gasteiger partial charge in [-0.1, -0.05) is 140 Å². The highest BCUT2D eigenvalue weighted by atomic mass is 15.0. The molecule has 0 fully saturated rings. The number of aromatic nitrogens is 3. The molecule has 0 atom stereocenters. The van der Waals surface area contributed by atoms with Crippen LogP contribution in [0.4, 0.5) is 0 Å². The third kappa shape index (κ3) is 4.23. The van der Waals surface area contributed by atoms with Gasteiger partial charge in [0.15, 0.2) is 0 Å². The summed E-state index contributed by atoms with van der Waals surface area (Å²) in [5.74, 6) is 0. The molecular weight excluding hydrogens is 631 g/mol. The Morgan fingerprint density at radius 3 is 1.46 bits per heavy atom. The Balaban J connectivity index is 1.17. The first-order valence-corrected chi connectivity index (χ1v) is 17.8. The summed E-state index contributed by atoms with van der Waals surface area (Å²) in [6.45, 7) is 0. The fourth-order valence-electron chi connectivity index (χ4n) is 8.42. The number of fused-ring (bicyclic) bond motifs is 10. The molecule has 0 aliphatic heterocycles. The maximum atomic E-state index is 5.36. The Kier molecular flexibility index (Phi) is 6.25. The number of pyridine rings is 1. The molecule has 0 aliphatic carbocycles. The highest BCUT2D eigenvalue weighted by molar-refractivity contribution is 6.25. The predicted octanol–water partition coefficient (Wildman–Crippen LogP) is 12.9. The standard InChI is InChI=1S/C49H31N3/c1-2-14-32(15-3-1)48-47-41(37-20-4-8-24-43(37)50-48)28-29-42-40-23-7-11-27-46(40)52(49(42)47)36-19-13-17-34(31-36)33-16-12-18-35(30-33)51-44-25-9-5-21-38(44)39-22-6-10-26-45(39)51/h1-31H. The van der Waals surface area contributed by atoms with Crippen molar-refractivity contribution in [2.24, 2.45) is 0 Å². The van der Waals surface area contributed by atoms with Crippen LogP contribution in [0.25, 0.3) is 99.0 Å². The Morgan fingerprint density at radius 1 is 0.327 bits per heavy atom. The SMILES string of the molecule is c1ccc(-c2nc3ccccc3c3ccc4c5ccccc5n(-c5cccc(-c6cccc(-n7c8ccccc8c8ccccc87)c6)c5)c4c23)cc1. The molecule has 3 heterocycles. The Labute approximate surface area is 300 Å². The summed E-state index contributed by atoms with van der Waals surface area (Å²) in [4.78, 5) is 5.36.